The third-order valence-corrected chi connectivity index (χ3v) is 1.22. The third-order valence-electron chi connectivity index (χ3n) is 1.22. The SMILES string of the molecule is CCn1cc(C#CC#N)cn1. The Kier molecular flexibility index (Phi) is 2.30. The molecule has 0 N–H and O–H groups in total. The molecule has 0 fully saturated rings. The lowest BCUT2D eigenvalue weighted by Gasteiger charge is -1.88. The van der Waals surface area contributed by atoms with E-state index in [-0.39, 0.29) is 0 Å². The minimum Gasteiger partial charge on any atom is -0.272 e. The van der Waals surface area contributed by atoms with E-state index in [2.05, 4.69) is 16.9 Å². The van der Waals surface area contributed by atoms with Crippen molar-refractivity contribution in [3.8, 4) is 17.9 Å². The van der Waals surface area contributed by atoms with Gasteiger partial charge in [-0.05, 0) is 12.8 Å². The van der Waals surface area contributed by atoms with Crippen molar-refractivity contribution in [3.63, 3.8) is 0 Å². The smallest absolute Gasteiger partial charge is 0.152 e. The van der Waals surface area contributed by atoms with Crippen molar-refractivity contribution in [2.24, 2.45) is 0 Å². The summed E-state index contributed by atoms with van der Waals surface area (Å²) in [7, 11) is 0. The maximum atomic E-state index is 8.14. The molecule has 0 aliphatic rings. The van der Waals surface area contributed by atoms with Crippen LogP contribution in [0.3, 0.4) is 0 Å². The van der Waals surface area contributed by atoms with Crippen LogP contribution in [0.1, 0.15) is 12.5 Å². The Morgan fingerprint density at radius 3 is 3.09 bits per heavy atom. The molecular formula is C8H7N3. The number of hydrogen-bond donors (Lipinski definition) is 0. The molecule has 0 atom stereocenters. The summed E-state index contributed by atoms with van der Waals surface area (Å²) in [6.45, 7) is 2.82. The highest BCUT2D eigenvalue weighted by Crippen LogP contribution is 1.93. The molecule has 0 bridgehead atoms. The predicted molar refractivity (Wildman–Crippen MR) is 40.4 cm³/mol. The highest BCUT2D eigenvalue weighted by atomic mass is 15.3. The lowest BCUT2D eigenvalue weighted by atomic mass is 10.4. The Morgan fingerprint density at radius 2 is 2.55 bits per heavy atom. The number of nitrogens with zero attached hydrogens (tertiary/aromatic N) is 3. The molecule has 0 aromatic carbocycles. The number of nitriles is 1. The van der Waals surface area contributed by atoms with E-state index in [4.69, 9.17) is 5.26 Å². The van der Waals surface area contributed by atoms with Crippen LogP contribution in [0.2, 0.25) is 0 Å². The first-order chi connectivity index (χ1) is 5.36. The van der Waals surface area contributed by atoms with Gasteiger partial charge in [-0.1, -0.05) is 0 Å². The van der Waals surface area contributed by atoms with Gasteiger partial charge in [-0.2, -0.15) is 10.4 Å². The van der Waals surface area contributed by atoms with E-state index in [0.717, 1.165) is 12.1 Å². The maximum Gasteiger partial charge on any atom is 0.152 e. The second-order valence-electron chi connectivity index (χ2n) is 1.95. The Bertz CT molecular complexity index is 332. The Labute approximate surface area is 65.3 Å². The van der Waals surface area contributed by atoms with Gasteiger partial charge in [-0.25, -0.2) is 0 Å². The van der Waals surface area contributed by atoms with Crippen molar-refractivity contribution in [1.29, 1.82) is 5.26 Å². The molecule has 1 aromatic heterocycles. The van der Waals surface area contributed by atoms with E-state index in [1.54, 1.807) is 16.9 Å². The topological polar surface area (TPSA) is 41.6 Å². The van der Waals surface area contributed by atoms with E-state index >= 15 is 0 Å². The first kappa shape index (κ1) is 7.37. The molecule has 0 unspecified atom stereocenters. The van der Waals surface area contributed by atoms with Gasteiger partial charge < -0.3 is 0 Å². The van der Waals surface area contributed by atoms with Gasteiger partial charge in [0.15, 0.2) is 6.07 Å². The summed E-state index contributed by atoms with van der Waals surface area (Å²) in [5.41, 5.74) is 0.786. The van der Waals surface area contributed by atoms with E-state index in [1.165, 1.54) is 0 Å². The van der Waals surface area contributed by atoms with Gasteiger partial charge in [0, 0.05) is 18.7 Å². The third kappa shape index (κ3) is 1.84. The molecule has 3 heteroatoms. The molecule has 1 rings (SSSR count). The van der Waals surface area contributed by atoms with Crippen molar-refractivity contribution in [2.75, 3.05) is 0 Å². The van der Waals surface area contributed by atoms with E-state index < -0.39 is 0 Å². The van der Waals surface area contributed by atoms with Crippen LogP contribution in [0.5, 0.6) is 0 Å². The average Bonchev–Trinajstić information content (AvgIpc) is 2.48. The van der Waals surface area contributed by atoms with Gasteiger partial charge in [0.25, 0.3) is 0 Å². The van der Waals surface area contributed by atoms with Crippen LogP contribution in [0.4, 0.5) is 0 Å². The van der Waals surface area contributed by atoms with Crippen molar-refractivity contribution in [2.45, 2.75) is 13.5 Å². The van der Waals surface area contributed by atoms with Crippen LogP contribution < -0.4 is 0 Å². The van der Waals surface area contributed by atoms with Gasteiger partial charge in [0.1, 0.15) is 0 Å². The Hall–Kier alpha value is -1.74. The summed E-state index contributed by atoms with van der Waals surface area (Å²) in [6, 6.07) is 1.75. The molecule has 0 spiro atoms. The summed E-state index contributed by atoms with van der Waals surface area (Å²) >= 11 is 0. The van der Waals surface area contributed by atoms with Crippen LogP contribution in [-0.2, 0) is 6.54 Å². The van der Waals surface area contributed by atoms with E-state index in [1.807, 2.05) is 13.1 Å². The van der Waals surface area contributed by atoms with Gasteiger partial charge in [-0.15, -0.1) is 0 Å². The molecule has 1 heterocycles. The molecular weight excluding hydrogens is 138 g/mol. The molecule has 0 saturated heterocycles. The Balaban J connectivity index is 2.83. The summed E-state index contributed by atoms with van der Waals surface area (Å²) in [5, 5.41) is 12.1. The molecule has 0 aliphatic carbocycles. The van der Waals surface area contributed by atoms with Gasteiger partial charge in [0.2, 0.25) is 0 Å². The maximum absolute atomic E-state index is 8.14. The molecule has 3 nitrogen and oxygen atoms in total. The standard InChI is InChI=1S/C8H7N3/c1-2-11-7-8(6-10-11)4-3-5-9/h6-7H,2H2,1H3. The first-order valence-electron chi connectivity index (χ1n) is 3.29. The number of aromatic nitrogens is 2. The molecule has 1 aromatic rings. The zero-order chi connectivity index (χ0) is 8.10. The molecule has 0 saturated carbocycles. The van der Waals surface area contributed by atoms with Crippen molar-refractivity contribution in [3.05, 3.63) is 18.0 Å². The predicted octanol–water partition coefficient (Wildman–Crippen LogP) is 0.778. The second kappa shape index (κ2) is 3.43. The number of aryl methyl sites for hydroxylation is 1. The Morgan fingerprint density at radius 1 is 1.73 bits per heavy atom. The fraction of sp³-hybridized carbons (Fsp3) is 0.250. The number of hydrogen-bond acceptors (Lipinski definition) is 2. The molecule has 11 heavy (non-hydrogen) atoms. The lowest BCUT2D eigenvalue weighted by molar-refractivity contribution is 0.660. The molecule has 0 amide bonds. The van der Waals surface area contributed by atoms with E-state index in [9.17, 15) is 0 Å². The fourth-order valence-corrected chi connectivity index (χ4v) is 0.701. The van der Waals surface area contributed by atoms with Gasteiger partial charge in [0.05, 0.1) is 11.8 Å². The first-order valence-corrected chi connectivity index (χ1v) is 3.29. The summed E-state index contributed by atoms with van der Waals surface area (Å²) in [5.74, 6) is 4.96. The van der Waals surface area contributed by atoms with Crippen molar-refractivity contribution >= 4 is 0 Å². The molecule has 0 aliphatic heterocycles. The van der Waals surface area contributed by atoms with Crippen LogP contribution in [0.25, 0.3) is 0 Å². The van der Waals surface area contributed by atoms with Crippen LogP contribution in [-0.4, -0.2) is 9.78 Å². The minimum absolute atomic E-state index is 0.786. The molecule has 54 valence electrons. The quantitative estimate of drug-likeness (QED) is 0.548. The van der Waals surface area contributed by atoms with Crippen LogP contribution in [0, 0.1) is 23.2 Å². The van der Waals surface area contributed by atoms with E-state index in [0.29, 0.717) is 0 Å². The monoisotopic (exact) mass is 145 g/mol. The number of rotatable bonds is 1. The average molecular weight is 145 g/mol. The van der Waals surface area contributed by atoms with Crippen LogP contribution >= 0.6 is 0 Å². The van der Waals surface area contributed by atoms with Gasteiger partial charge in [-0.3, -0.25) is 4.68 Å². The lowest BCUT2D eigenvalue weighted by Crippen LogP contribution is -1.91. The normalized spacial score (nSPS) is 8.00. The van der Waals surface area contributed by atoms with Crippen molar-refractivity contribution < 1.29 is 0 Å². The summed E-state index contributed by atoms with van der Waals surface area (Å²) < 4.78 is 1.77. The second-order valence-corrected chi connectivity index (χ2v) is 1.95. The van der Waals surface area contributed by atoms with Crippen molar-refractivity contribution in [1.82, 2.24) is 9.78 Å². The zero-order valence-corrected chi connectivity index (χ0v) is 6.20. The summed E-state index contributed by atoms with van der Waals surface area (Å²) in [4.78, 5) is 0. The van der Waals surface area contributed by atoms with Gasteiger partial charge >= 0.3 is 0 Å². The van der Waals surface area contributed by atoms with Crippen LogP contribution in [0.15, 0.2) is 12.4 Å². The fourth-order valence-electron chi connectivity index (χ4n) is 0.701. The summed E-state index contributed by atoms with van der Waals surface area (Å²) in [6.07, 6.45) is 3.46. The zero-order valence-electron chi connectivity index (χ0n) is 6.20. The minimum atomic E-state index is 0.786. The highest BCUT2D eigenvalue weighted by Gasteiger charge is 1.90. The largest absolute Gasteiger partial charge is 0.272 e. The highest BCUT2D eigenvalue weighted by molar-refractivity contribution is 5.34. The molecule has 0 radical (unpaired) electrons.